The fraction of sp³-hybridized carbons (Fsp3) is 0.562. The summed E-state index contributed by atoms with van der Waals surface area (Å²) in [5.74, 6) is -0.295. The first-order chi connectivity index (χ1) is 10.4. The van der Waals surface area contributed by atoms with Gasteiger partial charge >= 0.3 is 5.97 Å². The maximum Gasteiger partial charge on any atom is 0.344 e. The Bertz CT molecular complexity index is 632. The number of esters is 1. The van der Waals surface area contributed by atoms with Crippen LogP contribution < -0.4 is 4.74 Å². The lowest BCUT2D eigenvalue weighted by Gasteiger charge is -2.33. The second-order valence-corrected chi connectivity index (χ2v) is 5.77. The molecule has 0 spiro atoms. The molecule has 1 aliphatic rings. The van der Waals surface area contributed by atoms with Gasteiger partial charge in [0.2, 0.25) is 5.88 Å². The third-order valence-electron chi connectivity index (χ3n) is 3.54. The van der Waals surface area contributed by atoms with Gasteiger partial charge in [0.15, 0.2) is 6.61 Å². The van der Waals surface area contributed by atoms with Crippen molar-refractivity contribution in [1.82, 2.24) is 4.98 Å². The van der Waals surface area contributed by atoms with Gasteiger partial charge < -0.3 is 14.2 Å². The first kappa shape index (κ1) is 16.2. The maximum absolute atomic E-state index is 11.4. The molecule has 0 aromatic carbocycles. The Morgan fingerprint density at radius 1 is 1.45 bits per heavy atom. The zero-order valence-electron chi connectivity index (χ0n) is 13.4. The topological polar surface area (TPSA) is 81.4 Å². The van der Waals surface area contributed by atoms with Crippen molar-refractivity contribution in [3.8, 4) is 11.9 Å². The molecule has 0 saturated heterocycles. The summed E-state index contributed by atoms with van der Waals surface area (Å²) in [6.45, 7) is 7.98. The SMILES string of the molecule is CCOC(=O)COc1nc(C)c2c(c1C#N)CC(C)(C)OC2. The third kappa shape index (κ3) is 3.37. The number of hydrogen-bond donors (Lipinski definition) is 0. The summed E-state index contributed by atoms with van der Waals surface area (Å²) in [5.41, 5.74) is 2.61. The average molecular weight is 304 g/mol. The molecule has 118 valence electrons. The van der Waals surface area contributed by atoms with Gasteiger partial charge in [-0.25, -0.2) is 9.78 Å². The minimum Gasteiger partial charge on any atom is -0.465 e. The lowest BCUT2D eigenvalue weighted by Crippen LogP contribution is -2.33. The molecule has 0 unspecified atom stereocenters. The predicted octanol–water partition coefficient (Wildman–Crippen LogP) is 2.05. The van der Waals surface area contributed by atoms with Crippen LogP contribution in [0.3, 0.4) is 0 Å². The van der Waals surface area contributed by atoms with Crippen molar-refractivity contribution in [3.63, 3.8) is 0 Å². The Kier molecular flexibility index (Phi) is 4.67. The Hall–Kier alpha value is -2.13. The molecule has 6 nitrogen and oxygen atoms in total. The molecular weight excluding hydrogens is 284 g/mol. The summed E-state index contributed by atoms with van der Waals surface area (Å²) in [4.78, 5) is 15.7. The van der Waals surface area contributed by atoms with Crippen molar-refractivity contribution in [1.29, 1.82) is 5.26 Å². The van der Waals surface area contributed by atoms with Gasteiger partial charge in [0.1, 0.15) is 11.6 Å². The van der Waals surface area contributed by atoms with E-state index < -0.39 is 5.97 Å². The highest BCUT2D eigenvalue weighted by atomic mass is 16.6. The summed E-state index contributed by atoms with van der Waals surface area (Å²) < 4.78 is 16.0. The van der Waals surface area contributed by atoms with Crippen LogP contribution in [-0.2, 0) is 27.3 Å². The quantitative estimate of drug-likeness (QED) is 0.792. The minimum absolute atomic E-state index is 0.185. The van der Waals surface area contributed by atoms with E-state index in [1.807, 2.05) is 20.8 Å². The van der Waals surface area contributed by atoms with Crippen molar-refractivity contribution >= 4 is 5.97 Å². The van der Waals surface area contributed by atoms with Crippen molar-refractivity contribution in [2.45, 2.75) is 46.3 Å². The fourth-order valence-corrected chi connectivity index (χ4v) is 2.45. The second kappa shape index (κ2) is 6.32. The van der Waals surface area contributed by atoms with E-state index in [0.717, 1.165) is 16.8 Å². The van der Waals surface area contributed by atoms with Gasteiger partial charge in [-0.2, -0.15) is 5.26 Å². The largest absolute Gasteiger partial charge is 0.465 e. The molecule has 0 saturated carbocycles. The Morgan fingerprint density at radius 3 is 2.82 bits per heavy atom. The van der Waals surface area contributed by atoms with Crippen LogP contribution >= 0.6 is 0 Å². The molecular formula is C16H20N2O4. The molecule has 1 aliphatic heterocycles. The van der Waals surface area contributed by atoms with E-state index in [1.54, 1.807) is 6.92 Å². The van der Waals surface area contributed by atoms with Gasteiger partial charge in [-0.15, -0.1) is 0 Å². The van der Waals surface area contributed by atoms with Crippen LogP contribution in [0.5, 0.6) is 5.88 Å². The van der Waals surface area contributed by atoms with Gasteiger partial charge in [0.05, 0.1) is 18.8 Å². The number of nitrogens with zero attached hydrogens (tertiary/aromatic N) is 2. The van der Waals surface area contributed by atoms with E-state index in [1.165, 1.54) is 0 Å². The second-order valence-electron chi connectivity index (χ2n) is 5.77. The number of fused-ring (bicyclic) bond motifs is 1. The monoisotopic (exact) mass is 304 g/mol. The van der Waals surface area contributed by atoms with Crippen LogP contribution in [-0.4, -0.2) is 29.8 Å². The maximum atomic E-state index is 11.4. The number of nitriles is 1. The molecule has 1 aromatic rings. The Morgan fingerprint density at radius 2 is 2.18 bits per heavy atom. The van der Waals surface area contributed by atoms with E-state index in [-0.39, 0.29) is 24.7 Å². The van der Waals surface area contributed by atoms with E-state index in [9.17, 15) is 10.1 Å². The van der Waals surface area contributed by atoms with Gasteiger partial charge in [0, 0.05) is 17.7 Å². The van der Waals surface area contributed by atoms with E-state index >= 15 is 0 Å². The predicted molar refractivity (Wildman–Crippen MR) is 78.4 cm³/mol. The number of pyridine rings is 1. The molecule has 1 aromatic heterocycles. The number of rotatable bonds is 4. The summed E-state index contributed by atoms with van der Waals surface area (Å²) >= 11 is 0. The third-order valence-corrected chi connectivity index (χ3v) is 3.54. The highest BCUT2D eigenvalue weighted by Crippen LogP contribution is 2.34. The van der Waals surface area contributed by atoms with Crippen LogP contribution in [0, 0.1) is 18.3 Å². The van der Waals surface area contributed by atoms with Gasteiger partial charge in [-0.1, -0.05) is 0 Å². The van der Waals surface area contributed by atoms with Crippen molar-refractivity contribution in [2.24, 2.45) is 0 Å². The summed E-state index contributed by atoms with van der Waals surface area (Å²) in [7, 11) is 0. The van der Waals surface area contributed by atoms with Crippen LogP contribution in [0.15, 0.2) is 0 Å². The first-order valence-electron chi connectivity index (χ1n) is 7.22. The van der Waals surface area contributed by atoms with Crippen molar-refractivity contribution in [3.05, 3.63) is 22.4 Å². The molecule has 0 aliphatic carbocycles. The van der Waals surface area contributed by atoms with E-state index in [2.05, 4.69) is 11.1 Å². The number of aromatic nitrogens is 1. The molecule has 0 atom stereocenters. The Labute approximate surface area is 130 Å². The zero-order valence-corrected chi connectivity index (χ0v) is 13.4. The normalized spacial score (nSPS) is 15.6. The minimum atomic E-state index is -0.479. The van der Waals surface area contributed by atoms with Crippen LogP contribution in [0.1, 0.15) is 43.2 Å². The average Bonchev–Trinajstić information content (AvgIpc) is 2.44. The van der Waals surface area contributed by atoms with Crippen molar-refractivity contribution in [2.75, 3.05) is 13.2 Å². The molecule has 22 heavy (non-hydrogen) atoms. The zero-order chi connectivity index (χ0) is 16.3. The Balaban J connectivity index is 2.34. The number of ether oxygens (including phenoxy) is 3. The standard InChI is InChI=1S/C16H20N2O4/c1-5-20-14(19)9-21-15-12(7-17)11-6-16(3,4)22-8-13(11)10(2)18-15/h5-6,8-9H2,1-4H3. The molecule has 0 amide bonds. The molecule has 2 heterocycles. The smallest absolute Gasteiger partial charge is 0.344 e. The molecule has 0 bridgehead atoms. The van der Waals surface area contributed by atoms with Gasteiger partial charge in [-0.05, 0) is 33.3 Å². The van der Waals surface area contributed by atoms with E-state index in [4.69, 9.17) is 14.2 Å². The summed E-state index contributed by atoms with van der Waals surface area (Å²) in [5, 5.41) is 9.48. The van der Waals surface area contributed by atoms with Crippen LogP contribution in [0.4, 0.5) is 0 Å². The molecule has 0 N–H and O–H groups in total. The van der Waals surface area contributed by atoms with Crippen molar-refractivity contribution < 1.29 is 19.0 Å². The fourth-order valence-electron chi connectivity index (χ4n) is 2.45. The van der Waals surface area contributed by atoms with Crippen LogP contribution in [0.25, 0.3) is 0 Å². The molecule has 2 rings (SSSR count). The number of hydrogen-bond acceptors (Lipinski definition) is 6. The molecule has 0 radical (unpaired) electrons. The lowest BCUT2D eigenvalue weighted by molar-refractivity contribution is -0.145. The van der Waals surface area contributed by atoms with E-state index in [0.29, 0.717) is 18.6 Å². The number of carbonyl (C=O) groups is 1. The summed E-state index contributed by atoms with van der Waals surface area (Å²) in [6, 6.07) is 2.15. The highest BCUT2D eigenvalue weighted by Gasteiger charge is 2.31. The number of aryl methyl sites for hydroxylation is 1. The summed E-state index contributed by atoms with van der Waals surface area (Å²) in [6.07, 6.45) is 0.602. The lowest BCUT2D eigenvalue weighted by atomic mass is 9.88. The van der Waals surface area contributed by atoms with Gasteiger partial charge in [0.25, 0.3) is 0 Å². The highest BCUT2D eigenvalue weighted by molar-refractivity contribution is 5.71. The molecule has 0 fully saturated rings. The number of carbonyl (C=O) groups excluding carboxylic acids is 1. The first-order valence-corrected chi connectivity index (χ1v) is 7.22. The van der Waals surface area contributed by atoms with Gasteiger partial charge in [-0.3, -0.25) is 0 Å². The molecule has 6 heteroatoms. The van der Waals surface area contributed by atoms with Crippen LogP contribution in [0.2, 0.25) is 0 Å².